The van der Waals surface area contributed by atoms with E-state index in [1.165, 1.54) is 24.3 Å². The minimum atomic E-state index is -0.472. The fraction of sp³-hybridized carbons (Fsp3) is 0.250. The van der Waals surface area contributed by atoms with Crippen molar-refractivity contribution in [2.75, 3.05) is 31.1 Å². The number of non-ortho nitro benzene ring substituents is 1. The van der Waals surface area contributed by atoms with Crippen molar-refractivity contribution in [3.8, 4) is 0 Å². The lowest BCUT2D eigenvalue weighted by Gasteiger charge is -2.36. The van der Waals surface area contributed by atoms with Gasteiger partial charge in [-0.3, -0.25) is 14.9 Å². The van der Waals surface area contributed by atoms with Crippen molar-refractivity contribution in [2.45, 2.75) is 6.92 Å². The highest BCUT2D eigenvalue weighted by atomic mass is 16.6. The van der Waals surface area contributed by atoms with Gasteiger partial charge in [-0.25, -0.2) is 9.97 Å². The van der Waals surface area contributed by atoms with Gasteiger partial charge in [0.05, 0.1) is 21.7 Å². The van der Waals surface area contributed by atoms with Gasteiger partial charge in [0.1, 0.15) is 0 Å². The van der Waals surface area contributed by atoms with Gasteiger partial charge in [-0.2, -0.15) is 0 Å². The van der Waals surface area contributed by atoms with Crippen LogP contribution in [0.1, 0.15) is 16.1 Å². The standard InChI is InChI=1S/C20H19N5O3/c1-14-19(22-18-5-3-2-4-17(18)21-14)23-10-12-24(13-11-23)20(26)15-6-8-16(9-7-15)25(27)28/h2-9H,10-13H2,1H3. The Bertz CT molecular complexity index is 1040. The van der Waals surface area contributed by atoms with Gasteiger partial charge in [-0.05, 0) is 31.2 Å². The van der Waals surface area contributed by atoms with Crippen LogP contribution in [0.5, 0.6) is 0 Å². The second-order valence-electron chi connectivity index (χ2n) is 6.70. The number of carbonyl (C=O) groups excluding carboxylic acids is 1. The predicted octanol–water partition coefficient (Wildman–Crippen LogP) is 2.81. The quantitative estimate of drug-likeness (QED) is 0.515. The monoisotopic (exact) mass is 377 g/mol. The zero-order chi connectivity index (χ0) is 19.7. The fourth-order valence-corrected chi connectivity index (χ4v) is 3.41. The number of amides is 1. The molecule has 2 aromatic carbocycles. The second-order valence-corrected chi connectivity index (χ2v) is 6.70. The van der Waals surface area contributed by atoms with Gasteiger partial charge in [0, 0.05) is 43.9 Å². The van der Waals surface area contributed by atoms with Crippen molar-refractivity contribution in [3.63, 3.8) is 0 Å². The van der Waals surface area contributed by atoms with Crippen molar-refractivity contribution in [1.82, 2.24) is 14.9 Å². The summed E-state index contributed by atoms with van der Waals surface area (Å²) in [6.45, 7) is 4.38. The number of rotatable bonds is 3. The van der Waals surface area contributed by atoms with Gasteiger partial charge in [-0.1, -0.05) is 12.1 Å². The average Bonchev–Trinajstić information content (AvgIpc) is 2.73. The van der Waals surface area contributed by atoms with E-state index in [0.717, 1.165) is 22.5 Å². The summed E-state index contributed by atoms with van der Waals surface area (Å²) >= 11 is 0. The van der Waals surface area contributed by atoms with Crippen molar-refractivity contribution < 1.29 is 9.72 Å². The lowest BCUT2D eigenvalue weighted by Crippen LogP contribution is -2.49. The third-order valence-electron chi connectivity index (χ3n) is 4.91. The van der Waals surface area contributed by atoms with Gasteiger partial charge in [-0.15, -0.1) is 0 Å². The SMILES string of the molecule is Cc1nc2ccccc2nc1N1CCN(C(=O)c2ccc([N+](=O)[O-])cc2)CC1. The number of aromatic nitrogens is 2. The van der Waals surface area contributed by atoms with E-state index in [0.29, 0.717) is 31.7 Å². The second kappa shape index (κ2) is 7.22. The molecule has 2 heterocycles. The first-order chi connectivity index (χ1) is 13.5. The molecular weight excluding hydrogens is 358 g/mol. The van der Waals surface area contributed by atoms with Crippen LogP contribution >= 0.6 is 0 Å². The summed E-state index contributed by atoms with van der Waals surface area (Å²) in [6.07, 6.45) is 0. The summed E-state index contributed by atoms with van der Waals surface area (Å²) in [6, 6.07) is 13.5. The van der Waals surface area contributed by atoms with Crippen LogP contribution in [-0.2, 0) is 0 Å². The Labute approximate surface area is 161 Å². The van der Waals surface area contributed by atoms with E-state index in [4.69, 9.17) is 4.98 Å². The fourth-order valence-electron chi connectivity index (χ4n) is 3.41. The Morgan fingerprint density at radius 2 is 1.57 bits per heavy atom. The molecule has 142 valence electrons. The first-order valence-corrected chi connectivity index (χ1v) is 9.05. The number of nitrogens with zero attached hydrogens (tertiary/aromatic N) is 5. The zero-order valence-corrected chi connectivity index (χ0v) is 15.4. The van der Waals surface area contributed by atoms with Crippen LogP contribution < -0.4 is 4.90 Å². The van der Waals surface area contributed by atoms with Crippen LogP contribution in [0.2, 0.25) is 0 Å². The van der Waals surface area contributed by atoms with Crippen LogP contribution in [0.25, 0.3) is 11.0 Å². The normalized spacial score (nSPS) is 14.3. The molecule has 28 heavy (non-hydrogen) atoms. The van der Waals surface area contributed by atoms with Crippen molar-refractivity contribution >= 4 is 28.4 Å². The van der Waals surface area contributed by atoms with Crippen LogP contribution in [0.3, 0.4) is 0 Å². The van der Waals surface area contributed by atoms with E-state index in [1.807, 2.05) is 31.2 Å². The molecule has 0 N–H and O–H groups in total. The first-order valence-electron chi connectivity index (χ1n) is 9.05. The third kappa shape index (κ3) is 3.36. The number of hydrogen-bond donors (Lipinski definition) is 0. The Kier molecular flexibility index (Phi) is 4.60. The molecule has 4 rings (SSSR count). The number of nitro benzene ring substituents is 1. The van der Waals surface area contributed by atoms with Gasteiger partial charge in [0.2, 0.25) is 0 Å². The minimum Gasteiger partial charge on any atom is -0.352 e. The van der Waals surface area contributed by atoms with Crippen molar-refractivity contribution in [3.05, 3.63) is 69.9 Å². The lowest BCUT2D eigenvalue weighted by atomic mass is 10.1. The Morgan fingerprint density at radius 1 is 0.964 bits per heavy atom. The molecule has 1 aliphatic heterocycles. The molecule has 0 saturated carbocycles. The van der Waals surface area contributed by atoms with Gasteiger partial charge < -0.3 is 9.80 Å². The van der Waals surface area contributed by atoms with Crippen molar-refractivity contribution in [2.24, 2.45) is 0 Å². The number of piperazine rings is 1. The first kappa shape index (κ1) is 17.8. The van der Waals surface area contributed by atoms with Gasteiger partial charge in [0.25, 0.3) is 11.6 Å². The molecule has 8 heteroatoms. The highest BCUT2D eigenvalue weighted by Crippen LogP contribution is 2.22. The topological polar surface area (TPSA) is 92.5 Å². The molecule has 0 atom stereocenters. The predicted molar refractivity (Wildman–Crippen MR) is 105 cm³/mol. The Balaban J connectivity index is 1.46. The molecule has 0 unspecified atom stereocenters. The van der Waals surface area contributed by atoms with E-state index in [1.54, 1.807) is 4.90 Å². The minimum absolute atomic E-state index is 0.0216. The maximum atomic E-state index is 12.7. The number of carbonyl (C=O) groups is 1. The van der Waals surface area contributed by atoms with Gasteiger partial charge in [0.15, 0.2) is 5.82 Å². The van der Waals surface area contributed by atoms with Crippen LogP contribution in [0.4, 0.5) is 11.5 Å². The summed E-state index contributed by atoms with van der Waals surface area (Å²) in [5.41, 5.74) is 3.03. The highest BCUT2D eigenvalue weighted by molar-refractivity contribution is 5.94. The number of fused-ring (bicyclic) bond motifs is 1. The summed E-state index contributed by atoms with van der Waals surface area (Å²) in [4.78, 5) is 36.3. The summed E-state index contributed by atoms with van der Waals surface area (Å²) < 4.78 is 0. The number of aryl methyl sites for hydroxylation is 1. The molecule has 1 aromatic heterocycles. The number of para-hydroxylation sites is 2. The lowest BCUT2D eigenvalue weighted by molar-refractivity contribution is -0.384. The maximum Gasteiger partial charge on any atom is 0.269 e. The number of nitro groups is 1. The summed E-state index contributed by atoms with van der Waals surface area (Å²) in [5.74, 6) is 0.733. The highest BCUT2D eigenvalue weighted by Gasteiger charge is 2.24. The van der Waals surface area contributed by atoms with E-state index < -0.39 is 4.92 Å². The molecular formula is C20H19N5O3. The van der Waals surface area contributed by atoms with E-state index in [9.17, 15) is 14.9 Å². The van der Waals surface area contributed by atoms with Crippen molar-refractivity contribution in [1.29, 1.82) is 0 Å². The number of anilines is 1. The van der Waals surface area contributed by atoms with Gasteiger partial charge >= 0.3 is 0 Å². The molecule has 0 aliphatic carbocycles. The van der Waals surface area contributed by atoms with E-state index >= 15 is 0 Å². The number of hydrogen-bond acceptors (Lipinski definition) is 6. The molecule has 0 bridgehead atoms. The number of benzene rings is 2. The summed E-state index contributed by atoms with van der Waals surface area (Å²) in [7, 11) is 0. The summed E-state index contributed by atoms with van der Waals surface area (Å²) in [5, 5.41) is 10.8. The zero-order valence-electron chi connectivity index (χ0n) is 15.4. The molecule has 3 aromatic rings. The molecule has 8 nitrogen and oxygen atoms in total. The molecule has 1 fully saturated rings. The van der Waals surface area contributed by atoms with Crippen LogP contribution in [0, 0.1) is 17.0 Å². The van der Waals surface area contributed by atoms with Crippen LogP contribution in [-0.4, -0.2) is 51.9 Å². The molecule has 0 radical (unpaired) electrons. The third-order valence-corrected chi connectivity index (χ3v) is 4.91. The smallest absolute Gasteiger partial charge is 0.269 e. The molecule has 1 amide bonds. The molecule has 1 saturated heterocycles. The molecule has 1 aliphatic rings. The van der Waals surface area contributed by atoms with E-state index in [-0.39, 0.29) is 11.6 Å². The van der Waals surface area contributed by atoms with Crippen LogP contribution in [0.15, 0.2) is 48.5 Å². The largest absolute Gasteiger partial charge is 0.352 e. The van der Waals surface area contributed by atoms with E-state index in [2.05, 4.69) is 9.88 Å². The Morgan fingerprint density at radius 3 is 2.18 bits per heavy atom. The Hall–Kier alpha value is -3.55. The average molecular weight is 377 g/mol. The molecule has 0 spiro atoms. The maximum absolute atomic E-state index is 12.7.